The van der Waals surface area contributed by atoms with Crippen LogP contribution in [-0.2, 0) is 26.5 Å². The summed E-state index contributed by atoms with van der Waals surface area (Å²) in [6.45, 7) is 0.306. The van der Waals surface area contributed by atoms with Gasteiger partial charge in [-0.05, 0) is 79.1 Å². The zero-order valence-corrected chi connectivity index (χ0v) is 19.8. The summed E-state index contributed by atoms with van der Waals surface area (Å²) < 4.78 is 74.1. The molecule has 11 heteroatoms. The van der Waals surface area contributed by atoms with Crippen LogP contribution < -0.4 is 13.8 Å². The van der Waals surface area contributed by atoms with E-state index in [-0.39, 0.29) is 20.5 Å². The molecule has 0 amide bonds. The van der Waals surface area contributed by atoms with Crippen molar-refractivity contribution >= 4 is 43.0 Å². The van der Waals surface area contributed by atoms with Crippen LogP contribution in [0.3, 0.4) is 0 Å². The van der Waals surface area contributed by atoms with E-state index >= 15 is 0 Å². The molecule has 0 unspecified atom stereocenters. The van der Waals surface area contributed by atoms with E-state index in [2.05, 4.69) is 4.72 Å². The molecule has 0 radical (unpaired) electrons. The van der Waals surface area contributed by atoms with Crippen molar-refractivity contribution in [1.82, 2.24) is 0 Å². The summed E-state index contributed by atoms with van der Waals surface area (Å²) >= 11 is 5.71. The first-order chi connectivity index (χ1) is 15.6. The largest absolute Gasteiger partial charge is 0.497 e. The first-order valence-corrected chi connectivity index (χ1v) is 13.2. The highest BCUT2D eigenvalue weighted by Gasteiger charge is 2.29. The van der Waals surface area contributed by atoms with Crippen molar-refractivity contribution in [2.75, 3.05) is 22.7 Å². The number of benzene rings is 3. The monoisotopic (exact) mass is 510 g/mol. The van der Waals surface area contributed by atoms with Crippen molar-refractivity contribution in [3.8, 4) is 5.75 Å². The number of rotatable bonds is 6. The minimum Gasteiger partial charge on any atom is -0.497 e. The quantitative estimate of drug-likeness (QED) is 0.529. The SMILES string of the molecule is COc1ccc(S(=O)(=O)N2CCCc3cc(NS(=O)(=O)c4ccc(F)c(Cl)c4)ccc32)cc1. The summed E-state index contributed by atoms with van der Waals surface area (Å²) in [5, 5.41) is -0.303. The van der Waals surface area contributed by atoms with Crippen LogP contribution in [0.4, 0.5) is 15.8 Å². The molecule has 0 atom stereocenters. The third-order valence-electron chi connectivity index (χ3n) is 5.26. The Labute approximate surface area is 196 Å². The number of methoxy groups -OCH3 is 1. The van der Waals surface area contributed by atoms with E-state index in [0.717, 1.165) is 18.2 Å². The molecule has 0 bridgehead atoms. The van der Waals surface area contributed by atoms with Gasteiger partial charge in [-0.15, -0.1) is 0 Å². The van der Waals surface area contributed by atoms with Gasteiger partial charge < -0.3 is 4.74 Å². The molecule has 0 aromatic heterocycles. The fraction of sp³-hybridized carbons (Fsp3) is 0.182. The van der Waals surface area contributed by atoms with E-state index in [1.807, 2.05) is 0 Å². The Morgan fingerprint density at radius 2 is 1.67 bits per heavy atom. The van der Waals surface area contributed by atoms with E-state index in [4.69, 9.17) is 16.3 Å². The fourth-order valence-electron chi connectivity index (χ4n) is 3.61. The standard InChI is InChI=1S/C22H20ClFN2O5S2/c1-31-17-5-7-18(8-6-17)33(29,30)26-12-2-3-15-13-16(4-11-22(15)26)25-32(27,28)19-9-10-21(24)20(23)14-19/h4-11,13-14,25H,2-3,12H2,1H3. The second-order valence-electron chi connectivity index (χ2n) is 7.38. The predicted octanol–water partition coefficient (Wildman–Crippen LogP) is 4.43. The molecule has 0 aliphatic carbocycles. The molecule has 0 saturated heterocycles. The van der Waals surface area contributed by atoms with Gasteiger partial charge in [0.1, 0.15) is 11.6 Å². The third-order valence-corrected chi connectivity index (χ3v) is 8.75. The molecule has 1 heterocycles. The van der Waals surface area contributed by atoms with Crippen molar-refractivity contribution < 1.29 is 26.0 Å². The van der Waals surface area contributed by atoms with E-state index in [1.54, 1.807) is 24.3 Å². The van der Waals surface area contributed by atoms with Crippen LogP contribution in [0.15, 0.2) is 70.5 Å². The Balaban J connectivity index is 1.63. The highest BCUT2D eigenvalue weighted by Crippen LogP contribution is 2.34. The molecular formula is C22H20ClFN2O5S2. The number of fused-ring (bicyclic) bond motifs is 1. The Kier molecular flexibility index (Phi) is 6.26. The Hall–Kier alpha value is -2.82. The molecule has 3 aromatic rings. The van der Waals surface area contributed by atoms with Gasteiger partial charge in [-0.2, -0.15) is 0 Å². The zero-order valence-electron chi connectivity index (χ0n) is 17.5. The topological polar surface area (TPSA) is 92.8 Å². The number of halogens is 2. The number of nitrogens with zero attached hydrogens (tertiary/aromatic N) is 1. The highest BCUT2D eigenvalue weighted by atomic mass is 35.5. The average Bonchev–Trinajstić information content (AvgIpc) is 2.80. The molecule has 1 N–H and O–H groups in total. The van der Waals surface area contributed by atoms with Crippen LogP contribution in [0, 0.1) is 5.82 Å². The first-order valence-electron chi connectivity index (χ1n) is 9.89. The number of sulfonamides is 2. The van der Waals surface area contributed by atoms with E-state index in [0.29, 0.717) is 36.4 Å². The molecule has 1 aliphatic heterocycles. The lowest BCUT2D eigenvalue weighted by Crippen LogP contribution is -2.35. The minimum absolute atomic E-state index is 0.133. The molecule has 0 spiro atoms. The molecule has 7 nitrogen and oxygen atoms in total. The second-order valence-corrected chi connectivity index (χ2v) is 11.3. The molecule has 3 aromatic carbocycles. The number of anilines is 2. The average molecular weight is 511 g/mol. The predicted molar refractivity (Wildman–Crippen MR) is 125 cm³/mol. The summed E-state index contributed by atoms with van der Waals surface area (Å²) in [5.41, 5.74) is 1.44. The second kappa shape index (κ2) is 8.85. The summed E-state index contributed by atoms with van der Waals surface area (Å²) in [6.07, 6.45) is 1.16. The van der Waals surface area contributed by atoms with Gasteiger partial charge in [-0.1, -0.05) is 11.6 Å². The van der Waals surface area contributed by atoms with Crippen LogP contribution >= 0.6 is 11.6 Å². The lowest BCUT2D eigenvalue weighted by molar-refractivity contribution is 0.414. The van der Waals surface area contributed by atoms with Crippen LogP contribution in [0.2, 0.25) is 5.02 Å². The van der Waals surface area contributed by atoms with Crippen LogP contribution in [0.5, 0.6) is 5.75 Å². The first kappa shape index (κ1) is 23.3. The van der Waals surface area contributed by atoms with Gasteiger partial charge in [0.05, 0.1) is 27.6 Å². The Bertz CT molecular complexity index is 1410. The van der Waals surface area contributed by atoms with Crippen LogP contribution in [-0.4, -0.2) is 30.5 Å². The molecule has 33 heavy (non-hydrogen) atoms. The normalized spacial score (nSPS) is 14.0. The third kappa shape index (κ3) is 4.64. The molecule has 1 aliphatic rings. The number of ether oxygens (including phenoxy) is 1. The maximum absolute atomic E-state index is 13.4. The van der Waals surface area contributed by atoms with Crippen molar-refractivity contribution in [2.45, 2.75) is 22.6 Å². The van der Waals surface area contributed by atoms with E-state index < -0.39 is 25.9 Å². The Morgan fingerprint density at radius 3 is 2.33 bits per heavy atom. The summed E-state index contributed by atoms with van der Waals surface area (Å²) in [7, 11) is -6.33. The van der Waals surface area contributed by atoms with Crippen molar-refractivity contribution in [3.05, 3.63) is 77.1 Å². The molecular weight excluding hydrogens is 491 g/mol. The number of nitrogens with one attached hydrogen (secondary N) is 1. The molecule has 174 valence electrons. The van der Waals surface area contributed by atoms with Gasteiger partial charge >= 0.3 is 0 Å². The van der Waals surface area contributed by atoms with Crippen LogP contribution in [0.1, 0.15) is 12.0 Å². The summed E-state index contributed by atoms with van der Waals surface area (Å²) in [5.74, 6) is -0.171. The van der Waals surface area contributed by atoms with Gasteiger partial charge in [0.25, 0.3) is 20.0 Å². The van der Waals surface area contributed by atoms with Crippen molar-refractivity contribution in [1.29, 1.82) is 0 Å². The maximum atomic E-state index is 13.4. The van der Waals surface area contributed by atoms with Gasteiger partial charge in [-0.3, -0.25) is 9.03 Å². The summed E-state index contributed by atoms with van der Waals surface area (Å²) in [6, 6.07) is 13.9. The van der Waals surface area contributed by atoms with Gasteiger partial charge in [0.2, 0.25) is 0 Å². The Morgan fingerprint density at radius 1 is 0.970 bits per heavy atom. The lowest BCUT2D eigenvalue weighted by atomic mass is 10.0. The van der Waals surface area contributed by atoms with Gasteiger partial charge in [-0.25, -0.2) is 21.2 Å². The van der Waals surface area contributed by atoms with Gasteiger partial charge in [0.15, 0.2) is 0 Å². The van der Waals surface area contributed by atoms with Gasteiger partial charge in [0, 0.05) is 12.2 Å². The van der Waals surface area contributed by atoms with E-state index in [9.17, 15) is 21.2 Å². The lowest BCUT2D eigenvalue weighted by Gasteiger charge is -2.31. The number of hydrogen-bond acceptors (Lipinski definition) is 5. The minimum atomic E-state index is -4.02. The molecule has 0 fully saturated rings. The van der Waals surface area contributed by atoms with Crippen molar-refractivity contribution in [3.63, 3.8) is 0 Å². The fourth-order valence-corrected chi connectivity index (χ4v) is 6.47. The molecule has 4 rings (SSSR count). The van der Waals surface area contributed by atoms with E-state index in [1.165, 1.54) is 29.6 Å². The number of hydrogen-bond donors (Lipinski definition) is 1. The summed E-state index contributed by atoms with van der Waals surface area (Å²) in [4.78, 5) is -0.0514. The maximum Gasteiger partial charge on any atom is 0.264 e. The van der Waals surface area contributed by atoms with Crippen LogP contribution in [0.25, 0.3) is 0 Å². The number of aryl methyl sites for hydroxylation is 1. The van der Waals surface area contributed by atoms with Crippen molar-refractivity contribution in [2.24, 2.45) is 0 Å². The molecule has 0 saturated carbocycles. The zero-order chi connectivity index (χ0) is 23.8. The smallest absolute Gasteiger partial charge is 0.264 e. The highest BCUT2D eigenvalue weighted by molar-refractivity contribution is 7.93.